The molecule has 15 heavy (non-hydrogen) atoms. The lowest BCUT2D eigenvalue weighted by atomic mass is 10.3. The fourth-order valence-electron chi connectivity index (χ4n) is 1.30. The molecule has 4 heteroatoms. The summed E-state index contributed by atoms with van der Waals surface area (Å²) in [5.74, 6) is 0. The lowest BCUT2D eigenvalue weighted by Crippen LogP contribution is -2.22. The number of nitrogens with zero attached hydrogens (tertiary/aromatic N) is 2. The van der Waals surface area contributed by atoms with Gasteiger partial charge in [-0.05, 0) is 19.4 Å². The van der Waals surface area contributed by atoms with Gasteiger partial charge in [0.05, 0.1) is 24.9 Å². The quantitative estimate of drug-likeness (QED) is 0.694. The molecule has 0 saturated heterocycles. The van der Waals surface area contributed by atoms with Crippen LogP contribution >= 0.6 is 0 Å². The Labute approximate surface area is 90.9 Å². The van der Waals surface area contributed by atoms with Crippen LogP contribution in [0.5, 0.6) is 0 Å². The molecular formula is C11H20N2O2. The number of hydrogen-bond donors (Lipinski definition) is 1. The summed E-state index contributed by atoms with van der Waals surface area (Å²) in [7, 11) is 0. The second-order valence-electron chi connectivity index (χ2n) is 3.76. The van der Waals surface area contributed by atoms with E-state index in [1.54, 1.807) is 4.68 Å². The largest absolute Gasteiger partial charge is 0.389 e. The van der Waals surface area contributed by atoms with E-state index < -0.39 is 6.10 Å². The van der Waals surface area contributed by atoms with Crippen molar-refractivity contribution < 1.29 is 9.84 Å². The number of ether oxygens (including phenoxy) is 1. The molecule has 0 bridgehead atoms. The summed E-state index contributed by atoms with van der Waals surface area (Å²) < 4.78 is 7.06. The topological polar surface area (TPSA) is 47.3 Å². The molecule has 1 aromatic heterocycles. The van der Waals surface area contributed by atoms with Gasteiger partial charge in [-0.2, -0.15) is 5.10 Å². The van der Waals surface area contributed by atoms with E-state index in [1.807, 2.05) is 19.2 Å². The van der Waals surface area contributed by atoms with Gasteiger partial charge in [0.1, 0.15) is 0 Å². The molecule has 1 heterocycles. The van der Waals surface area contributed by atoms with Crippen molar-refractivity contribution in [3.8, 4) is 0 Å². The summed E-state index contributed by atoms with van der Waals surface area (Å²) in [6, 6.07) is 1.92. The van der Waals surface area contributed by atoms with Gasteiger partial charge >= 0.3 is 0 Å². The number of aryl methyl sites for hydroxylation is 1. The molecule has 0 saturated carbocycles. The predicted molar refractivity (Wildman–Crippen MR) is 58.7 cm³/mol. The van der Waals surface area contributed by atoms with Gasteiger partial charge in [-0.1, -0.05) is 13.3 Å². The van der Waals surface area contributed by atoms with Crippen molar-refractivity contribution in [2.75, 3.05) is 13.2 Å². The maximum Gasteiger partial charge on any atom is 0.0968 e. The van der Waals surface area contributed by atoms with E-state index in [0.717, 1.165) is 25.1 Å². The second kappa shape index (κ2) is 6.58. The first-order valence-corrected chi connectivity index (χ1v) is 5.48. The maximum atomic E-state index is 9.63. The SMILES string of the molecule is CCCCOCC(O)Cn1ccc(C)n1. The Balaban J connectivity index is 2.15. The molecule has 1 rings (SSSR count). The molecule has 1 atom stereocenters. The molecule has 0 aromatic carbocycles. The minimum atomic E-state index is -0.471. The zero-order chi connectivity index (χ0) is 11.1. The number of rotatable bonds is 7. The molecule has 0 amide bonds. The Bertz CT molecular complexity index is 273. The first-order valence-electron chi connectivity index (χ1n) is 5.48. The minimum absolute atomic E-state index is 0.388. The monoisotopic (exact) mass is 212 g/mol. The average Bonchev–Trinajstić information content (AvgIpc) is 2.59. The summed E-state index contributed by atoms with van der Waals surface area (Å²) >= 11 is 0. The van der Waals surface area contributed by atoms with E-state index in [4.69, 9.17) is 4.74 Å². The minimum Gasteiger partial charge on any atom is -0.389 e. The zero-order valence-corrected chi connectivity index (χ0v) is 9.52. The molecule has 0 aliphatic rings. The van der Waals surface area contributed by atoms with Crippen LogP contribution in [0.4, 0.5) is 0 Å². The summed E-state index contributed by atoms with van der Waals surface area (Å²) in [5.41, 5.74) is 0.967. The molecule has 0 aliphatic heterocycles. The highest BCUT2D eigenvalue weighted by Crippen LogP contribution is 1.97. The summed E-state index contributed by atoms with van der Waals surface area (Å²) in [6.45, 7) is 5.66. The Morgan fingerprint density at radius 1 is 1.60 bits per heavy atom. The predicted octanol–water partition coefficient (Wildman–Crippen LogP) is 1.37. The smallest absolute Gasteiger partial charge is 0.0968 e. The van der Waals surface area contributed by atoms with Crippen LogP contribution < -0.4 is 0 Å². The number of aliphatic hydroxyl groups excluding tert-OH is 1. The van der Waals surface area contributed by atoms with Crippen LogP contribution in [0.2, 0.25) is 0 Å². The van der Waals surface area contributed by atoms with Crippen LogP contribution in [0.15, 0.2) is 12.3 Å². The third-order valence-electron chi connectivity index (χ3n) is 2.12. The lowest BCUT2D eigenvalue weighted by Gasteiger charge is -2.10. The molecule has 4 nitrogen and oxygen atoms in total. The highest BCUT2D eigenvalue weighted by molar-refractivity contribution is 4.94. The zero-order valence-electron chi connectivity index (χ0n) is 9.52. The van der Waals surface area contributed by atoms with Gasteiger partial charge in [-0.25, -0.2) is 0 Å². The first-order chi connectivity index (χ1) is 7.22. The highest BCUT2D eigenvalue weighted by Gasteiger charge is 2.05. The third-order valence-corrected chi connectivity index (χ3v) is 2.12. The van der Waals surface area contributed by atoms with Gasteiger partial charge in [-0.15, -0.1) is 0 Å². The maximum absolute atomic E-state index is 9.63. The van der Waals surface area contributed by atoms with Gasteiger partial charge in [0.25, 0.3) is 0 Å². The molecular weight excluding hydrogens is 192 g/mol. The Hall–Kier alpha value is -0.870. The van der Waals surface area contributed by atoms with Crippen molar-refractivity contribution >= 4 is 0 Å². The lowest BCUT2D eigenvalue weighted by molar-refractivity contribution is 0.0253. The van der Waals surface area contributed by atoms with Crippen molar-refractivity contribution in [3.05, 3.63) is 18.0 Å². The van der Waals surface area contributed by atoms with Gasteiger partial charge in [0.2, 0.25) is 0 Å². The standard InChI is InChI=1S/C11H20N2O2/c1-3-4-7-15-9-11(14)8-13-6-5-10(2)12-13/h5-6,11,14H,3-4,7-9H2,1-2H3. The van der Waals surface area contributed by atoms with Crippen LogP contribution in [0.25, 0.3) is 0 Å². The summed E-state index contributed by atoms with van der Waals surface area (Å²) in [4.78, 5) is 0. The Kier molecular flexibility index (Phi) is 5.36. The second-order valence-corrected chi connectivity index (χ2v) is 3.76. The van der Waals surface area contributed by atoms with E-state index in [9.17, 15) is 5.11 Å². The molecule has 86 valence electrons. The normalized spacial score (nSPS) is 13.0. The average molecular weight is 212 g/mol. The van der Waals surface area contributed by atoms with Crippen LogP contribution in [0, 0.1) is 6.92 Å². The van der Waals surface area contributed by atoms with Crippen LogP contribution in [-0.2, 0) is 11.3 Å². The number of aromatic nitrogens is 2. The Morgan fingerprint density at radius 2 is 2.40 bits per heavy atom. The van der Waals surface area contributed by atoms with Crippen LogP contribution in [0.1, 0.15) is 25.5 Å². The van der Waals surface area contributed by atoms with Crippen molar-refractivity contribution in [3.63, 3.8) is 0 Å². The van der Waals surface area contributed by atoms with Gasteiger partial charge in [0.15, 0.2) is 0 Å². The number of hydrogen-bond acceptors (Lipinski definition) is 3. The molecule has 1 N–H and O–H groups in total. The summed E-state index contributed by atoms with van der Waals surface area (Å²) in [6.07, 6.45) is 3.56. The molecule has 1 aromatic rings. The van der Waals surface area contributed by atoms with Crippen molar-refractivity contribution in [1.29, 1.82) is 0 Å². The highest BCUT2D eigenvalue weighted by atomic mass is 16.5. The van der Waals surface area contributed by atoms with Crippen molar-refractivity contribution in [2.45, 2.75) is 39.3 Å². The van der Waals surface area contributed by atoms with Crippen molar-refractivity contribution in [2.24, 2.45) is 0 Å². The number of aliphatic hydroxyl groups is 1. The summed E-state index contributed by atoms with van der Waals surface area (Å²) in [5, 5.41) is 13.8. The fraction of sp³-hybridized carbons (Fsp3) is 0.727. The van der Waals surface area contributed by atoms with E-state index >= 15 is 0 Å². The van der Waals surface area contributed by atoms with Gasteiger partial charge in [-0.3, -0.25) is 4.68 Å². The van der Waals surface area contributed by atoms with Crippen LogP contribution in [-0.4, -0.2) is 34.2 Å². The molecule has 0 aliphatic carbocycles. The third kappa shape index (κ3) is 4.95. The van der Waals surface area contributed by atoms with E-state index in [-0.39, 0.29) is 0 Å². The molecule has 0 fully saturated rings. The van der Waals surface area contributed by atoms with Crippen LogP contribution in [0.3, 0.4) is 0 Å². The molecule has 0 radical (unpaired) electrons. The van der Waals surface area contributed by atoms with Crippen molar-refractivity contribution in [1.82, 2.24) is 9.78 Å². The fourth-order valence-corrected chi connectivity index (χ4v) is 1.30. The van der Waals surface area contributed by atoms with E-state index in [2.05, 4.69) is 12.0 Å². The molecule has 0 spiro atoms. The molecule has 1 unspecified atom stereocenters. The van der Waals surface area contributed by atoms with Gasteiger partial charge < -0.3 is 9.84 Å². The first kappa shape index (κ1) is 12.2. The Morgan fingerprint density at radius 3 is 3.00 bits per heavy atom. The van der Waals surface area contributed by atoms with Gasteiger partial charge in [0, 0.05) is 12.8 Å². The van der Waals surface area contributed by atoms with E-state index in [0.29, 0.717) is 13.2 Å². The number of unbranched alkanes of at least 4 members (excludes halogenated alkanes) is 1. The van der Waals surface area contributed by atoms with E-state index in [1.165, 1.54) is 0 Å².